The quantitative estimate of drug-likeness (QED) is 0.746. The fourth-order valence-corrected chi connectivity index (χ4v) is 3.77. The smallest absolute Gasteiger partial charge is 0.251 e. The van der Waals surface area contributed by atoms with E-state index in [0.29, 0.717) is 18.4 Å². The molecule has 0 spiro atoms. The van der Waals surface area contributed by atoms with Crippen LogP contribution in [0.5, 0.6) is 0 Å². The molecule has 144 valence electrons. The zero-order valence-electron chi connectivity index (χ0n) is 15.9. The third kappa shape index (κ3) is 4.31. The van der Waals surface area contributed by atoms with Gasteiger partial charge in [-0.3, -0.25) is 14.5 Å². The molecule has 5 heteroatoms. The van der Waals surface area contributed by atoms with E-state index in [1.807, 2.05) is 41.3 Å². The minimum atomic E-state index is -0.0980. The van der Waals surface area contributed by atoms with Gasteiger partial charge in [0.15, 0.2) is 0 Å². The first-order valence-corrected chi connectivity index (χ1v) is 9.84. The summed E-state index contributed by atoms with van der Waals surface area (Å²) in [4.78, 5) is 32.1. The van der Waals surface area contributed by atoms with Gasteiger partial charge in [0.05, 0.1) is 0 Å². The SMILES string of the molecule is O=C(CCc1cc2ccccc2[nH]c1=O)N1CCN(Cc2ccccc2)CC1. The van der Waals surface area contributed by atoms with Gasteiger partial charge in [0.1, 0.15) is 0 Å². The molecule has 4 rings (SSSR count). The number of carbonyl (C=O) groups excluding carboxylic acids is 1. The van der Waals surface area contributed by atoms with Gasteiger partial charge in [-0.25, -0.2) is 0 Å². The average Bonchev–Trinajstić information content (AvgIpc) is 2.73. The molecule has 1 aliphatic rings. The number of hydrogen-bond acceptors (Lipinski definition) is 3. The van der Waals surface area contributed by atoms with E-state index in [4.69, 9.17) is 0 Å². The van der Waals surface area contributed by atoms with Crippen LogP contribution in [0.15, 0.2) is 65.5 Å². The summed E-state index contributed by atoms with van der Waals surface area (Å²) in [6.45, 7) is 4.20. The lowest BCUT2D eigenvalue weighted by Gasteiger charge is -2.34. The first kappa shape index (κ1) is 18.4. The third-order valence-corrected chi connectivity index (χ3v) is 5.41. The monoisotopic (exact) mass is 375 g/mol. The molecular weight excluding hydrogens is 350 g/mol. The molecule has 0 unspecified atom stereocenters. The summed E-state index contributed by atoms with van der Waals surface area (Å²) in [5, 5.41) is 0.999. The van der Waals surface area contributed by atoms with Gasteiger partial charge >= 0.3 is 0 Å². The predicted octanol–water partition coefficient (Wildman–Crippen LogP) is 2.81. The van der Waals surface area contributed by atoms with E-state index in [1.165, 1.54) is 5.56 Å². The number of amides is 1. The maximum absolute atomic E-state index is 12.6. The van der Waals surface area contributed by atoms with Crippen LogP contribution in [0.4, 0.5) is 0 Å². The lowest BCUT2D eigenvalue weighted by Crippen LogP contribution is -2.48. The van der Waals surface area contributed by atoms with Crippen LogP contribution in [-0.4, -0.2) is 46.9 Å². The lowest BCUT2D eigenvalue weighted by molar-refractivity contribution is -0.133. The number of hydrogen-bond donors (Lipinski definition) is 1. The largest absolute Gasteiger partial charge is 0.340 e. The van der Waals surface area contributed by atoms with Crippen molar-refractivity contribution in [3.63, 3.8) is 0 Å². The minimum Gasteiger partial charge on any atom is -0.340 e. The van der Waals surface area contributed by atoms with E-state index in [0.717, 1.165) is 43.6 Å². The van der Waals surface area contributed by atoms with E-state index in [1.54, 1.807) is 0 Å². The number of nitrogens with zero attached hydrogens (tertiary/aromatic N) is 2. The summed E-state index contributed by atoms with van der Waals surface area (Å²) in [7, 11) is 0. The zero-order chi connectivity index (χ0) is 19.3. The van der Waals surface area contributed by atoms with Gasteiger partial charge in [0, 0.05) is 50.2 Å². The van der Waals surface area contributed by atoms with Gasteiger partial charge in [-0.05, 0) is 29.5 Å². The molecule has 0 saturated carbocycles. The first-order valence-electron chi connectivity index (χ1n) is 9.84. The number of aromatic amines is 1. The van der Waals surface area contributed by atoms with E-state index < -0.39 is 0 Å². The Kier molecular flexibility index (Phi) is 5.53. The van der Waals surface area contributed by atoms with Gasteiger partial charge in [-0.15, -0.1) is 0 Å². The molecular formula is C23H25N3O2. The van der Waals surface area contributed by atoms with Crippen molar-refractivity contribution in [3.05, 3.63) is 82.1 Å². The number of aromatic nitrogens is 1. The molecule has 1 fully saturated rings. The molecule has 3 aromatic rings. The van der Waals surface area contributed by atoms with Crippen molar-refractivity contribution in [3.8, 4) is 0 Å². The number of fused-ring (bicyclic) bond motifs is 1. The summed E-state index contributed by atoms with van der Waals surface area (Å²) in [5.74, 6) is 0.131. The van der Waals surface area contributed by atoms with Crippen LogP contribution in [-0.2, 0) is 17.8 Å². The standard InChI is InChI=1S/C23H25N3O2/c27-22(11-10-20-16-19-8-4-5-9-21(19)24-23(20)28)26-14-12-25(13-15-26)17-18-6-2-1-3-7-18/h1-9,16H,10-15,17H2,(H,24,28). The Morgan fingerprint density at radius 3 is 2.43 bits per heavy atom. The number of nitrogens with one attached hydrogen (secondary N) is 1. The fourth-order valence-electron chi connectivity index (χ4n) is 3.77. The van der Waals surface area contributed by atoms with Crippen molar-refractivity contribution in [1.29, 1.82) is 0 Å². The van der Waals surface area contributed by atoms with Crippen LogP contribution in [0.2, 0.25) is 0 Å². The van der Waals surface area contributed by atoms with E-state index >= 15 is 0 Å². The van der Waals surface area contributed by atoms with E-state index in [2.05, 4.69) is 34.1 Å². The van der Waals surface area contributed by atoms with Crippen molar-refractivity contribution in [2.45, 2.75) is 19.4 Å². The van der Waals surface area contributed by atoms with Crippen molar-refractivity contribution >= 4 is 16.8 Å². The zero-order valence-corrected chi connectivity index (χ0v) is 15.9. The number of carbonyl (C=O) groups is 1. The van der Waals surface area contributed by atoms with Gasteiger partial charge < -0.3 is 9.88 Å². The van der Waals surface area contributed by atoms with Crippen molar-refractivity contribution in [2.75, 3.05) is 26.2 Å². The molecule has 28 heavy (non-hydrogen) atoms. The number of benzene rings is 2. The second-order valence-electron chi connectivity index (χ2n) is 7.35. The van der Waals surface area contributed by atoms with Crippen LogP contribution in [0.3, 0.4) is 0 Å². The summed E-state index contributed by atoms with van der Waals surface area (Å²) in [6.07, 6.45) is 0.851. The Balaban J connectivity index is 1.30. The molecule has 1 amide bonds. The Morgan fingerprint density at radius 2 is 1.64 bits per heavy atom. The second-order valence-corrected chi connectivity index (χ2v) is 7.35. The molecule has 1 N–H and O–H groups in total. The Hall–Kier alpha value is -2.92. The molecule has 0 radical (unpaired) electrons. The summed E-state index contributed by atoms with van der Waals surface area (Å²) in [6, 6.07) is 20.0. The maximum atomic E-state index is 12.6. The number of piperazine rings is 1. The van der Waals surface area contributed by atoms with Gasteiger partial charge in [-0.2, -0.15) is 0 Å². The highest BCUT2D eigenvalue weighted by molar-refractivity contribution is 5.79. The first-order chi connectivity index (χ1) is 13.7. The number of aryl methyl sites for hydroxylation is 1. The molecule has 0 aliphatic carbocycles. The molecule has 1 aliphatic heterocycles. The second kappa shape index (κ2) is 8.40. The van der Waals surface area contributed by atoms with Crippen LogP contribution < -0.4 is 5.56 Å². The highest BCUT2D eigenvalue weighted by Gasteiger charge is 2.21. The van der Waals surface area contributed by atoms with Crippen molar-refractivity contribution in [1.82, 2.24) is 14.8 Å². The van der Waals surface area contributed by atoms with Crippen LogP contribution >= 0.6 is 0 Å². The highest BCUT2D eigenvalue weighted by atomic mass is 16.2. The summed E-state index contributed by atoms with van der Waals surface area (Å²) < 4.78 is 0. The lowest BCUT2D eigenvalue weighted by atomic mass is 10.1. The number of para-hydroxylation sites is 1. The number of pyridine rings is 1. The third-order valence-electron chi connectivity index (χ3n) is 5.41. The Bertz CT molecular complexity index is 1010. The number of rotatable bonds is 5. The Labute approximate surface area is 164 Å². The molecule has 2 aromatic carbocycles. The van der Waals surface area contributed by atoms with E-state index in [9.17, 15) is 9.59 Å². The fraction of sp³-hybridized carbons (Fsp3) is 0.304. The van der Waals surface area contributed by atoms with Gasteiger partial charge in [0.25, 0.3) is 5.56 Å². The molecule has 1 saturated heterocycles. The maximum Gasteiger partial charge on any atom is 0.251 e. The highest BCUT2D eigenvalue weighted by Crippen LogP contribution is 2.13. The molecule has 5 nitrogen and oxygen atoms in total. The predicted molar refractivity (Wildman–Crippen MR) is 111 cm³/mol. The number of H-pyrrole nitrogens is 1. The summed E-state index contributed by atoms with van der Waals surface area (Å²) in [5.41, 5.74) is 2.71. The molecule has 1 aromatic heterocycles. The van der Waals surface area contributed by atoms with Crippen LogP contribution in [0.1, 0.15) is 17.5 Å². The van der Waals surface area contributed by atoms with Gasteiger partial charge in [0.2, 0.25) is 5.91 Å². The Morgan fingerprint density at radius 1 is 0.929 bits per heavy atom. The average molecular weight is 375 g/mol. The van der Waals surface area contributed by atoms with E-state index in [-0.39, 0.29) is 11.5 Å². The molecule has 0 bridgehead atoms. The minimum absolute atomic E-state index is 0.0980. The van der Waals surface area contributed by atoms with Crippen molar-refractivity contribution < 1.29 is 4.79 Å². The van der Waals surface area contributed by atoms with Gasteiger partial charge in [-0.1, -0.05) is 48.5 Å². The van der Waals surface area contributed by atoms with Crippen molar-refractivity contribution in [2.24, 2.45) is 0 Å². The molecule has 2 heterocycles. The topological polar surface area (TPSA) is 56.4 Å². The summed E-state index contributed by atoms with van der Waals surface area (Å²) >= 11 is 0. The molecule has 0 atom stereocenters. The van der Waals surface area contributed by atoms with Crippen LogP contribution in [0.25, 0.3) is 10.9 Å². The van der Waals surface area contributed by atoms with Crippen LogP contribution in [0, 0.1) is 0 Å². The normalized spacial score (nSPS) is 15.1.